The predicted octanol–water partition coefficient (Wildman–Crippen LogP) is 4.01. The van der Waals surface area contributed by atoms with Gasteiger partial charge in [0.25, 0.3) is 11.5 Å². The normalized spacial score (nSPS) is 10.5. The molecule has 1 aromatic heterocycles. The molecule has 0 unspecified atom stereocenters. The molecule has 0 radical (unpaired) electrons. The molecule has 0 bridgehead atoms. The molecule has 4 nitrogen and oxygen atoms in total. The highest BCUT2D eigenvalue weighted by atomic mass is 32.2. The van der Waals surface area contributed by atoms with Crippen molar-refractivity contribution in [2.24, 2.45) is 0 Å². The van der Waals surface area contributed by atoms with E-state index in [2.05, 4.69) is 11.6 Å². The van der Waals surface area contributed by atoms with Crippen LogP contribution in [0.3, 0.4) is 0 Å². The van der Waals surface area contributed by atoms with Crippen LogP contribution in [0.2, 0.25) is 0 Å². The van der Waals surface area contributed by atoms with Crippen LogP contribution in [0.15, 0.2) is 77.7 Å². The molecule has 5 heteroatoms. The Morgan fingerprint density at radius 3 is 2.31 bits per heavy atom. The summed E-state index contributed by atoms with van der Waals surface area (Å²) in [7, 11) is 0. The van der Waals surface area contributed by atoms with E-state index in [1.807, 2.05) is 54.6 Å². The van der Waals surface area contributed by atoms with Crippen molar-refractivity contribution in [3.05, 3.63) is 100.0 Å². The second-order valence-electron chi connectivity index (χ2n) is 5.95. The number of hydrogen-bond acceptors (Lipinski definition) is 3. The molecule has 0 atom stereocenters. The van der Waals surface area contributed by atoms with E-state index in [0.717, 1.165) is 17.0 Å². The fraction of sp³-hybridized carbons (Fsp3) is 0.143. The molecule has 26 heavy (non-hydrogen) atoms. The minimum absolute atomic E-state index is 0.0326. The Balaban J connectivity index is 1.64. The van der Waals surface area contributed by atoms with E-state index in [9.17, 15) is 9.59 Å². The van der Waals surface area contributed by atoms with Gasteiger partial charge in [0.15, 0.2) is 0 Å². The van der Waals surface area contributed by atoms with E-state index in [1.165, 1.54) is 5.56 Å². The average Bonchev–Trinajstić information content (AvgIpc) is 2.66. The van der Waals surface area contributed by atoms with Crippen LogP contribution in [0.4, 0.5) is 5.69 Å². The number of nitrogens with one attached hydrogen (secondary N) is 1. The van der Waals surface area contributed by atoms with Crippen LogP contribution in [0.25, 0.3) is 0 Å². The van der Waals surface area contributed by atoms with Crippen LogP contribution >= 0.6 is 11.8 Å². The Labute approximate surface area is 156 Å². The lowest BCUT2D eigenvalue weighted by molar-refractivity contribution is 0.102. The predicted molar refractivity (Wildman–Crippen MR) is 108 cm³/mol. The van der Waals surface area contributed by atoms with E-state index in [1.54, 1.807) is 34.7 Å². The van der Waals surface area contributed by atoms with Crippen molar-refractivity contribution < 1.29 is 4.79 Å². The van der Waals surface area contributed by atoms with Gasteiger partial charge in [-0.3, -0.25) is 9.59 Å². The number of carbonyl (C=O) groups is 1. The lowest BCUT2D eigenvalue weighted by atomic mass is 10.1. The molecule has 132 valence electrons. The van der Waals surface area contributed by atoms with Gasteiger partial charge in [-0.2, -0.15) is 11.8 Å². The van der Waals surface area contributed by atoms with E-state index >= 15 is 0 Å². The van der Waals surface area contributed by atoms with Gasteiger partial charge in [0.2, 0.25) is 0 Å². The van der Waals surface area contributed by atoms with Crippen LogP contribution in [0.5, 0.6) is 0 Å². The molecule has 0 spiro atoms. The van der Waals surface area contributed by atoms with E-state index in [4.69, 9.17) is 0 Å². The molecule has 2 aromatic carbocycles. The second-order valence-corrected chi connectivity index (χ2v) is 6.81. The lowest BCUT2D eigenvalue weighted by Gasteiger charge is -2.08. The highest BCUT2D eigenvalue weighted by Gasteiger charge is 2.06. The number of nitrogens with zero attached hydrogens (tertiary/aromatic N) is 1. The quantitative estimate of drug-likeness (QED) is 0.719. The van der Waals surface area contributed by atoms with Gasteiger partial charge in [-0.1, -0.05) is 30.3 Å². The van der Waals surface area contributed by atoms with Crippen LogP contribution < -0.4 is 10.9 Å². The summed E-state index contributed by atoms with van der Waals surface area (Å²) in [5, 5.41) is 2.90. The van der Waals surface area contributed by atoms with Crippen molar-refractivity contribution in [3.8, 4) is 0 Å². The standard InChI is InChI=1S/C21H20N2O2S/c1-26-15-17-5-9-18(10-6-17)21(25)22-19-11-7-16(8-12-19)14-23-13-3-2-4-20(23)24/h2-13H,14-15H2,1H3,(H,22,25). The van der Waals surface area contributed by atoms with Crippen LogP contribution in [0, 0.1) is 0 Å². The molecular formula is C21H20N2O2S. The first kappa shape index (κ1) is 18.0. The number of anilines is 1. The smallest absolute Gasteiger partial charge is 0.255 e. The first-order valence-corrected chi connectivity index (χ1v) is 9.69. The minimum Gasteiger partial charge on any atom is -0.322 e. The summed E-state index contributed by atoms with van der Waals surface area (Å²) < 4.78 is 1.64. The topological polar surface area (TPSA) is 51.1 Å². The summed E-state index contributed by atoms with van der Waals surface area (Å²) in [5.74, 6) is 0.807. The maximum absolute atomic E-state index is 12.3. The monoisotopic (exact) mass is 364 g/mol. The molecule has 1 amide bonds. The molecule has 0 fully saturated rings. The molecule has 1 heterocycles. The van der Waals surface area contributed by atoms with Crippen molar-refractivity contribution in [2.75, 3.05) is 11.6 Å². The number of hydrogen-bond donors (Lipinski definition) is 1. The van der Waals surface area contributed by atoms with Gasteiger partial charge in [-0.05, 0) is 47.7 Å². The van der Waals surface area contributed by atoms with E-state index in [0.29, 0.717) is 12.1 Å². The molecule has 0 saturated carbocycles. The third-order valence-corrected chi connectivity index (χ3v) is 4.61. The second kappa shape index (κ2) is 8.54. The summed E-state index contributed by atoms with van der Waals surface area (Å²) in [5.41, 5.74) is 3.53. The highest BCUT2D eigenvalue weighted by Crippen LogP contribution is 2.14. The average molecular weight is 364 g/mol. The maximum atomic E-state index is 12.3. The summed E-state index contributed by atoms with van der Waals surface area (Å²) >= 11 is 1.75. The van der Waals surface area contributed by atoms with Gasteiger partial charge < -0.3 is 9.88 Å². The Bertz CT molecular complexity index is 931. The molecule has 3 rings (SSSR count). The fourth-order valence-corrected chi connectivity index (χ4v) is 3.13. The fourth-order valence-electron chi connectivity index (χ4n) is 2.60. The van der Waals surface area contributed by atoms with Crippen molar-refractivity contribution in [3.63, 3.8) is 0 Å². The lowest BCUT2D eigenvalue weighted by Crippen LogP contribution is -2.18. The Morgan fingerprint density at radius 1 is 0.962 bits per heavy atom. The molecule has 1 N–H and O–H groups in total. The molecular weight excluding hydrogens is 344 g/mol. The van der Waals surface area contributed by atoms with Crippen LogP contribution in [-0.2, 0) is 12.3 Å². The van der Waals surface area contributed by atoms with E-state index < -0.39 is 0 Å². The van der Waals surface area contributed by atoms with Gasteiger partial charge in [0.1, 0.15) is 0 Å². The molecule has 0 saturated heterocycles. The zero-order valence-corrected chi connectivity index (χ0v) is 15.3. The number of thioether (sulfide) groups is 1. The van der Waals surface area contributed by atoms with Gasteiger partial charge in [-0.15, -0.1) is 0 Å². The third kappa shape index (κ3) is 4.64. The number of benzene rings is 2. The Kier molecular flexibility index (Phi) is 5.92. The van der Waals surface area contributed by atoms with Crippen LogP contribution in [-0.4, -0.2) is 16.7 Å². The molecule has 0 aliphatic carbocycles. The third-order valence-electron chi connectivity index (χ3n) is 3.99. The number of amides is 1. The number of carbonyl (C=O) groups excluding carboxylic acids is 1. The van der Waals surface area contributed by atoms with Crippen molar-refractivity contribution in [2.45, 2.75) is 12.3 Å². The van der Waals surface area contributed by atoms with Crippen molar-refractivity contribution in [1.29, 1.82) is 0 Å². The summed E-state index contributed by atoms with van der Waals surface area (Å²) in [6, 6.07) is 20.3. The zero-order valence-electron chi connectivity index (χ0n) is 14.5. The van der Waals surface area contributed by atoms with Crippen molar-refractivity contribution in [1.82, 2.24) is 4.57 Å². The summed E-state index contributed by atoms with van der Waals surface area (Å²) in [4.78, 5) is 24.1. The first-order valence-electron chi connectivity index (χ1n) is 8.29. The first-order chi connectivity index (χ1) is 12.7. The molecule has 3 aromatic rings. The summed E-state index contributed by atoms with van der Waals surface area (Å²) in [6.07, 6.45) is 3.82. The van der Waals surface area contributed by atoms with Gasteiger partial charge in [0, 0.05) is 29.3 Å². The maximum Gasteiger partial charge on any atom is 0.255 e. The van der Waals surface area contributed by atoms with Crippen molar-refractivity contribution >= 4 is 23.4 Å². The van der Waals surface area contributed by atoms with E-state index in [-0.39, 0.29) is 11.5 Å². The number of aromatic nitrogens is 1. The van der Waals surface area contributed by atoms with Crippen LogP contribution in [0.1, 0.15) is 21.5 Å². The van der Waals surface area contributed by atoms with Gasteiger partial charge in [-0.25, -0.2) is 0 Å². The highest BCUT2D eigenvalue weighted by molar-refractivity contribution is 7.97. The number of pyridine rings is 1. The Hall–Kier alpha value is -2.79. The number of rotatable bonds is 6. The molecule has 0 aliphatic rings. The molecule has 0 aliphatic heterocycles. The van der Waals surface area contributed by atoms with Gasteiger partial charge in [0.05, 0.1) is 6.54 Å². The summed E-state index contributed by atoms with van der Waals surface area (Å²) in [6.45, 7) is 0.505. The zero-order chi connectivity index (χ0) is 18.4. The van der Waals surface area contributed by atoms with Gasteiger partial charge >= 0.3 is 0 Å². The SMILES string of the molecule is CSCc1ccc(C(=O)Nc2ccc(Cn3ccccc3=O)cc2)cc1. The minimum atomic E-state index is -0.132. The Morgan fingerprint density at radius 2 is 1.65 bits per heavy atom. The largest absolute Gasteiger partial charge is 0.322 e.